The Bertz CT molecular complexity index is 360. The summed E-state index contributed by atoms with van der Waals surface area (Å²) in [5.74, 6) is 0.399. The molecule has 1 rings (SSSR count). The zero-order valence-electron chi connectivity index (χ0n) is 9.91. The van der Waals surface area contributed by atoms with E-state index >= 15 is 0 Å². The molecule has 0 saturated carbocycles. The van der Waals surface area contributed by atoms with Crippen molar-refractivity contribution in [2.75, 3.05) is 13.2 Å². The largest absolute Gasteiger partial charge is 0.396 e. The van der Waals surface area contributed by atoms with Crippen molar-refractivity contribution < 1.29 is 14.4 Å². The van der Waals surface area contributed by atoms with Crippen LogP contribution in [0.4, 0.5) is 0 Å². The lowest BCUT2D eigenvalue weighted by molar-refractivity contribution is 0.0940. The van der Waals surface area contributed by atoms with Crippen LogP contribution in [0.15, 0.2) is 4.52 Å². The van der Waals surface area contributed by atoms with Crippen LogP contribution in [0.5, 0.6) is 0 Å². The maximum atomic E-state index is 11.8. The SMILES string of the molecule is CCc1noc(C)c1C(=O)NCC(C)CO. The molecule has 0 bridgehead atoms. The van der Waals surface area contributed by atoms with E-state index in [1.165, 1.54) is 0 Å². The van der Waals surface area contributed by atoms with E-state index in [4.69, 9.17) is 9.63 Å². The lowest BCUT2D eigenvalue weighted by Gasteiger charge is -2.09. The van der Waals surface area contributed by atoms with Crippen LogP contribution in [0.2, 0.25) is 0 Å². The molecule has 0 fully saturated rings. The topological polar surface area (TPSA) is 75.4 Å². The van der Waals surface area contributed by atoms with Crippen LogP contribution in [-0.4, -0.2) is 29.3 Å². The van der Waals surface area contributed by atoms with Crippen molar-refractivity contribution in [1.29, 1.82) is 0 Å². The van der Waals surface area contributed by atoms with Gasteiger partial charge < -0.3 is 14.9 Å². The summed E-state index contributed by atoms with van der Waals surface area (Å²) in [5, 5.41) is 15.4. The highest BCUT2D eigenvalue weighted by Gasteiger charge is 2.18. The van der Waals surface area contributed by atoms with E-state index in [9.17, 15) is 4.79 Å². The standard InChI is InChI=1S/C11H18N2O3/c1-4-9-10(8(3)16-13-9)11(15)12-5-7(2)6-14/h7,14H,4-6H2,1-3H3,(H,12,15). The van der Waals surface area contributed by atoms with Gasteiger partial charge in [-0.2, -0.15) is 0 Å². The van der Waals surface area contributed by atoms with Gasteiger partial charge in [-0.05, 0) is 19.3 Å². The van der Waals surface area contributed by atoms with Gasteiger partial charge in [0, 0.05) is 13.2 Å². The van der Waals surface area contributed by atoms with Crippen LogP contribution < -0.4 is 5.32 Å². The number of aliphatic hydroxyl groups is 1. The van der Waals surface area contributed by atoms with E-state index in [1.54, 1.807) is 6.92 Å². The zero-order chi connectivity index (χ0) is 12.1. The van der Waals surface area contributed by atoms with Crippen molar-refractivity contribution >= 4 is 5.91 Å². The third kappa shape index (κ3) is 2.82. The average molecular weight is 226 g/mol. The molecule has 16 heavy (non-hydrogen) atoms. The minimum atomic E-state index is -0.184. The molecule has 1 aromatic heterocycles. The number of aryl methyl sites for hydroxylation is 2. The predicted molar refractivity (Wildman–Crippen MR) is 59.2 cm³/mol. The molecule has 90 valence electrons. The third-order valence-electron chi connectivity index (χ3n) is 2.42. The van der Waals surface area contributed by atoms with Crippen molar-refractivity contribution in [3.63, 3.8) is 0 Å². The molecular weight excluding hydrogens is 208 g/mol. The van der Waals surface area contributed by atoms with Gasteiger partial charge in [0.05, 0.1) is 5.69 Å². The Kier molecular flexibility index (Phi) is 4.49. The molecule has 1 amide bonds. The average Bonchev–Trinajstić information content (AvgIpc) is 2.66. The smallest absolute Gasteiger partial charge is 0.256 e. The molecule has 2 N–H and O–H groups in total. The van der Waals surface area contributed by atoms with Gasteiger partial charge in [-0.1, -0.05) is 19.0 Å². The van der Waals surface area contributed by atoms with Crippen LogP contribution in [0.25, 0.3) is 0 Å². The Morgan fingerprint density at radius 2 is 2.31 bits per heavy atom. The summed E-state index contributed by atoms with van der Waals surface area (Å²) in [6.45, 7) is 6.01. The fraction of sp³-hybridized carbons (Fsp3) is 0.636. The molecule has 1 heterocycles. The Hall–Kier alpha value is -1.36. The van der Waals surface area contributed by atoms with E-state index in [-0.39, 0.29) is 18.4 Å². The highest BCUT2D eigenvalue weighted by molar-refractivity contribution is 5.96. The first-order valence-electron chi connectivity index (χ1n) is 5.44. The van der Waals surface area contributed by atoms with Crippen LogP contribution in [-0.2, 0) is 6.42 Å². The number of hydrogen-bond donors (Lipinski definition) is 2. The molecule has 1 atom stereocenters. The molecule has 0 spiro atoms. The molecule has 0 aromatic carbocycles. The normalized spacial score (nSPS) is 12.5. The van der Waals surface area contributed by atoms with Gasteiger partial charge in [0.25, 0.3) is 5.91 Å². The fourth-order valence-electron chi connectivity index (χ4n) is 1.37. The minimum absolute atomic E-state index is 0.0502. The highest BCUT2D eigenvalue weighted by Crippen LogP contribution is 2.13. The van der Waals surface area contributed by atoms with Crippen LogP contribution in [0.1, 0.15) is 35.7 Å². The molecule has 0 radical (unpaired) electrons. The van der Waals surface area contributed by atoms with Gasteiger partial charge >= 0.3 is 0 Å². The summed E-state index contributed by atoms with van der Waals surface area (Å²) < 4.78 is 4.98. The lowest BCUT2D eigenvalue weighted by atomic mass is 10.1. The number of hydrogen-bond acceptors (Lipinski definition) is 4. The number of aliphatic hydroxyl groups excluding tert-OH is 1. The van der Waals surface area contributed by atoms with Crippen LogP contribution in [0, 0.1) is 12.8 Å². The number of nitrogens with one attached hydrogen (secondary N) is 1. The third-order valence-corrected chi connectivity index (χ3v) is 2.42. The van der Waals surface area contributed by atoms with Gasteiger partial charge in [0.2, 0.25) is 0 Å². The molecule has 5 nitrogen and oxygen atoms in total. The maximum absolute atomic E-state index is 11.8. The molecule has 5 heteroatoms. The molecule has 0 aliphatic carbocycles. The van der Waals surface area contributed by atoms with Gasteiger partial charge in [-0.15, -0.1) is 0 Å². The summed E-state index contributed by atoms with van der Waals surface area (Å²) in [4.78, 5) is 11.8. The first kappa shape index (κ1) is 12.7. The summed E-state index contributed by atoms with van der Waals surface area (Å²) >= 11 is 0. The van der Waals surface area contributed by atoms with Gasteiger partial charge in [0.15, 0.2) is 0 Å². The van der Waals surface area contributed by atoms with E-state index in [0.717, 1.165) is 0 Å². The first-order chi connectivity index (χ1) is 7.60. The number of amides is 1. The Morgan fingerprint density at radius 3 is 2.88 bits per heavy atom. The molecule has 1 unspecified atom stereocenters. The van der Waals surface area contributed by atoms with Gasteiger partial charge in [0.1, 0.15) is 11.3 Å². The highest BCUT2D eigenvalue weighted by atomic mass is 16.5. The summed E-state index contributed by atoms with van der Waals surface area (Å²) in [5.41, 5.74) is 1.19. The monoisotopic (exact) mass is 226 g/mol. The summed E-state index contributed by atoms with van der Waals surface area (Å²) in [6, 6.07) is 0. The van der Waals surface area contributed by atoms with Crippen molar-refractivity contribution in [1.82, 2.24) is 10.5 Å². The van der Waals surface area contributed by atoms with Crippen LogP contribution >= 0.6 is 0 Å². The van der Waals surface area contributed by atoms with E-state index in [1.807, 2.05) is 13.8 Å². The Labute approximate surface area is 94.8 Å². The molecule has 0 saturated heterocycles. The van der Waals surface area contributed by atoms with E-state index in [2.05, 4.69) is 10.5 Å². The number of carbonyl (C=O) groups is 1. The molecular formula is C11H18N2O3. The Morgan fingerprint density at radius 1 is 1.62 bits per heavy atom. The van der Waals surface area contributed by atoms with Crippen molar-refractivity contribution in [2.45, 2.75) is 27.2 Å². The molecule has 0 aliphatic rings. The predicted octanol–water partition coefficient (Wildman–Crippen LogP) is 0.904. The minimum Gasteiger partial charge on any atom is -0.396 e. The van der Waals surface area contributed by atoms with E-state index in [0.29, 0.717) is 30.0 Å². The molecule has 0 aliphatic heterocycles. The van der Waals surface area contributed by atoms with Gasteiger partial charge in [-0.3, -0.25) is 4.79 Å². The quantitative estimate of drug-likeness (QED) is 0.782. The lowest BCUT2D eigenvalue weighted by Crippen LogP contribution is -2.30. The van der Waals surface area contributed by atoms with Crippen molar-refractivity contribution in [2.24, 2.45) is 5.92 Å². The first-order valence-corrected chi connectivity index (χ1v) is 5.44. The van der Waals surface area contributed by atoms with Crippen LogP contribution in [0.3, 0.4) is 0 Å². The second kappa shape index (κ2) is 5.65. The molecule has 1 aromatic rings. The zero-order valence-corrected chi connectivity index (χ0v) is 9.91. The summed E-state index contributed by atoms with van der Waals surface area (Å²) in [6.07, 6.45) is 0.662. The number of rotatable bonds is 5. The number of nitrogens with zero attached hydrogens (tertiary/aromatic N) is 1. The Balaban J connectivity index is 2.69. The maximum Gasteiger partial charge on any atom is 0.256 e. The van der Waals surface area contributed by atoms with E-state index < -0.39 is 0 Å². The second-order valence-electron chi connectivity index (χ2n) is 3.91. The number of aromatic nitrogens is 1. The summed E-state index contributed by atoms with van der Waals surface area (Å²) in [7, 11) is 0. The van der Waals surface area contributed by atoms with Crippen molar-refractivity contribution in [3.8, 4) is 0 Å². The fourth-order valence-corrected chi connectivity index (χ4v) is 1.37. The number of carbonyl (C=O) groups excluding carboxylic acids is 1. The van der Waals surface area contributed by atoms with Crippen molar-refractivity contribution in [3.05, 3.63) is 17.0 Å². The second-order valence-corrected chi connectivity index (χ2v) is 3.91. The van der Waals surface area contributed by atoms with Gasteiger partial charge in [-0.25, -0.2) is 0 Å².